The molecule has 2 aromatic rings. The molecule has 0 aliphatic heterocycles. The average Bonchev–Trinajstić information content (AvgIpc) is 2.75. The summed E-state index contributed by atoms with van der Waals surface area (Å²) in [5.41, 5.74) is 7.26. The molecule has 1 atom stereocenters. The standard InChI is InChI=1S/C13H16N2O3/c1-3-15-7-10(12(14)13(16)17)9-5-4-8(18-2)6-11(9)15/h4-7,12H,3,14H2,1-2H3,(H,16,17). The van der Waals surface area contributed by atoms with Crippen molar-refractivity contribution in [2.45, 2.75) is 19.5 Å². The summed E-state index contributed by atoms with van der Waals surface area (Å²) in [5.74, 6) is -0.285. The van der Waals surface area contributed by atoms with E-state index in [9.17, 15) is 4.79 Å². The van der Waals surface area contributed by atoms with Gasteiger partial charge >= 0.3 is 5.97 Å². The van der Waals surface area contributed by atoms with Gasteiger partial charge in [-0.25, -0.2) is 0 Å². The number of aryl methyl sites for hydroxylation is 1. The van der Waals surface area contributed by atoms with E-state index >= 15 is 0 Å². The number of fused-ring (bicyclic) bond motifs is 1. The van der Waals surface area contributed by atoms with Crippen molar-refractivity contribution in [1.29, 1.82) is 0 Å². The van der Waals surface area contributed by atoms with Gasteiger partial charge in [0, 0.05) is 29.8 Å². The van der Waals surface area contributed by atoms with Gasteiger partial charge in [-0.1, -0.05) is 0 Å². The lowest BCUT2D eigenvalue weighted by Gasteiger charge is -2.05. The van der Waals surface area contributed by atoms with Gasteiger partial charge in [-0.05, 0) is 19.1 Å². The van der Waals surface area contributed by atoms with E-state index in [2.05, 4.69) is 0 Å². The summed E-state index contributed by atoms with van der Waals surface area (Å²) in [4.78, 5) is 11.0. The predicted octanol–water partition coefficient (Wildman–Crippen LogP) is 1.75. The molecular formula is C13H16N2O3. The number of carboxylic acid groups (broad SMARTS) is 1. The Morgan fingerprint density at radius 2 is 2.28 bits per heavy atom. The van der Waals surface area contributed by atoms with E-state index in [1.54, 1.807) is 19.4 Å². The number of benzene rings is 1. The van der Waals surface area contributed by atoms with Crippen LogP contribution in [0.1, 0.15) is 18.5 Å². The van der Waals surface area contributed by atoms with Crippen LogP contribution in [-0.4, -0.2) is 22.8 Å². The SMILES string of the molecule is CCn1cc(C(N)C(=O)O)c2ccc(OC)cc21. The topological polar surface area (TPSA) is 77.5 Å². The lowest BCUT2D eigenvalue weighted by molar-refractivity contribution is -0.138. The Hall–Kier alpha value is -2.01. The highest BCUT2D eigenvalue weighted by Gasteiger charge is 2.20. The van der Waals surface area contributed by atoms with Crippen molar-refractivity contribution in [3.05, 3.63) is 30.0 Å². The minimum atomic E-state index is -1.03. The molecule has 1 aromatic carbocycles. The molecule has 0 spiro atoms. The van der Waals surface area contributed by atoms with Crippen molar-refractivity contribution < 1.29 is 14.6 Å². The maximum Gasteiger partial charge on any atom is 0.325 e. The second-order valence-electron chi connectivity index (χ2n) is 4.07. The van der Waals surface area contributed by atoms with Gasteiger partial charge in [-0.3, -0.25) is 4.79 Å². The van der Waals surface area contributed by atoms with Crippen molar-refractivity contribution in [2.75, 3.05) is 7.11 Å². The summed E-state index contributed by atoms with van der Waals surface area (Å²) in [6.45, 7) is 2.74. The molecule has 0 saturated heterocycles. The van der Waals surface area contributed by atoms with E-state index in [1.807, 2.05) is 23.6 Å². The minimum Gasteiger partial charge on any atom is -0.497 e. The summed E-state index contributed by atoms with van der Waals surface area (Å²) in [5, 5.41) is 9.87. The molecule has 2 rings (SSSR count). The van der Waals surface area contributed by atoms with Crippen molar-refractivity contribution in [3.8, 4) is 5.75 Å². The number of aromatic nitrogens is 1. The van der Waals surface area contributed by atoms with E-state index in [1.165, 1.54) is 0 Å². The second-order valence-corrected chi connectivity index (χ2v) is 4.07. The van der Waals surface area contributed by atoms with Crippen LogP contribution in [0.3, 0.4) is 0 Å². The first-order chi connectivity index (χ1) is 8.58. The zero-order chi connectivity index (χ0) is 13.3. The molecule has 18 heavy (non-hydrogen) atoms. The maximum atomic E-state index is 11.0. The van der Waals surface area contributed by atoms with Gasteiger partial charge in [0.1, 0.15) is 11.8 Å². The molecule has 0 aliphatic carbocycles. The number of carbonyl (C=O) groups is 1. The van der Waals surface area contributed by atoms with Gasteiger partial charge in [0.15, 0.2) is 0 Å². The number of nitrogens with zero attached hydrogens (tertiary/aromatic N) is 1. The smallest absolute Gasteiger partial charge is 0.325 e. The highest BCUT2D eigenvalue weighted by molar-refractivity contribution is 5.90. The molecule has 0 bridgehead atoms. The Labute approximate surface area is 105 Å². The van der Waals surface area contributed by atoms with Gasteiger partial charge in [0.2, 0.25) is 0 Å². The normalized spacial score (nSPS) is 12.6. The molecule has 0 aliphatic rings. The molecule has 0 saturated carbocycles. The first kappa shape index (κ1) is 12.4. The molecule has 1 unspecified atom stereocenters. The predicted molar refractivity (Wildman–Crippen MR) is 68.7 cm³/mol. The summed E-state index contributed by atoms with van der Waals surface area (Å²) >= 11 is 0. The van der Waals surface area contributed by atoms with Gasteiger partial charge in [-0.15, -0.1) is 0 Å². The number of hydrogen-bond acceptors (Lipinski definition) is 3. The molecule has 5 heteroatoms. The lowest BCUT2D eigenvalue weighted by atomic mass is 10.1. The van der Waals surface area contributed by atoms with Crippen LogP contribution in [-0.2, 0) is 11.3 Å². The van der Waals surface area contributed by atoms with Crippen molar-refractivity contribution in [2.24, 2.45) is 5.73 Å². The summed E-state index contributed by atoms with van der Waals surface area (Å²) in [6.07, 6.45) is 1.79. The zero-order valence-electron chi connectivity index (χ0n) is 10.4. The molecule has 0 amide bonds. The molecule has 0 fully saturated rings. The Balaban J connectivity index is 2.66. The molecule has 1 heterocycles. The lowest BCUT2D eigenvalue weighted by Crippen LogP contribution is -2.20. The van der Waals surface area contributed by atoms with Gasteiger partial charge in [0.25, 0.3) is 0 Å². The van der Waals surface area contributed by atoms with Crippen molar-refractivity contribution >= 4 is 16.9 Å². The van der Waals surface area contributed by atoms with Crippen LogP contribution < -0.4 is 10.5 Å². The summed E-state index contributed by atoms with van der Waals surface area (Å²) < 4.78 is 7.15. The number of rotatable bonds is 4. The number of aliphatic carboxylic acids is 1. The second kappa shape index (κ2) is 4.70. The zero-order valence-corrected chi connectivity index (χ0v) is 10.4. The number of carboxylic acids is 1. The third-order valence-corrected chi connectivity index (χ3v) is 3.06. The van der Waals surface area contributed by atoms with E-state index < -0.39 is 12.0 Å². The van der Waals surface area contributed by atoms with Crippen LogP contribution >= 0.6 is 0 Å². The van der Waals surface area contributed by atoms with Crippen LogP contribution in [0.5, 0.6) is 5.75 Å². The Bertz CT molecular complexity index is 589. The number of methoxy groups -OCH3 is 1. The van der Waals surface area contributed by atoms with Crippen LogP contribution in [0, 0.1) is 0 Å². The largest absolute Gasteiger partial charge is 0.497 e. The molecule has 3 N–H and O–H groups in total. The highest BCUT2D eigenvalue weighted by atomic mass is 16.5. The summed E-state index contributed by atoms with van der Waals surface area (Å²) in [6, 6.07) is 4.53. The third-order valence-electron chi connectivity index (χ3n) is 3.06. The Kier molecular flexibility index (Phi) is 3.25. The van der Waals surface area contributed by atoms with Crippen LogP contribution in [0.15, 0.2) is 24.4 Å². The van der Waals surface area contributed by atoms with E-state index in [0.29, 0.717) is 5.56 Å². The van der Waals surface area contributed by atoms with Gasteiger partial charge < -0.3 is 20.1 Å². The summed E-state index contributed by atoms with van der Waals surface area (Å²) in [7, 11) is 1.60. The first-order valence-corrected chi connectivity index (χ1v) is 5.73. The molecule has 1 aromatic heterocycles. The van der Waals surface area contributed by atoms with Crippen LogP contribution in [0.2, 0.25) is 0 Å². The van der Waals surface area contributed by atoms with Crippen molar-refractivity contribution in [1.82, 2.24) is 4.57 Å². The fraction of sp³-hybridized carbons (Fsp3) is 0.308. The van der Waals surface area contributed by atoms with Crippen LogP contribution in [0.4, 0.5) is 0 Å². The van der Waals surface area contributed by atoms with E-state index in [4.69, 9.17) is 15.6 Å². The molecule has 0 radical (unpaired) electrons. The average molecular weight is 248 g/mol. The Morgan fingerprint density at radius 3 is 2.83 bits per heavy atom. The third kappa shape index (κ3) is 1.93. The quantitative estimate of drug-likeness (QED) is 0.864. The molecule has 96 valence electrons. The molecule has 5 nitrogen and oxygen atoms in total. The fourth-order valence-corrected chi connectivity index (χ4v) is 2.07. The highest BCUT2D eigenvalue weighted by Crippen LogP contribution is 2.29. The monoisotopic (exact) mass is 248 g/mol. The van der Waals surface area contributed by atoms with Crippen molar-refractivity contribution in [3.63, 3.8) is 0 Å². The van der Waals surface area contributed by atoms with Crippen LogP contribution in [0.25, 0.3) is 10.9 Å². The van der Waals surface area contributed by atoms with E-state index in [-0.39, 0.29) is 0 Å². The maximum absolute atomic E-state index is 11.0. The minimum absolute atomic E-state index is 0.627. The number of nitrogens with two attached hydrogens (primary N) is 1. The van der Waals surface area contributed by atoms with E-state index in [0.717, 1.165) is 23.2 Å². The fourth-order valence-electron chi connectivity index (χ4n) is 2.07. The number of ether oxygens (including phenoxy) is 1. The Morgan fingerprint density at radius 1 is 1.56 bits per heavy atom. The first-order valence-electron chi connectivity index (χ1n) is 5.73. The van der Waals surface area contributed by atoms with Gasteiger partial charge in [0.05, 0.1) is 12.6 Å². The molecular weight excluding hydrogens is 232 g/mol. The number of hydrogen-bond donors (Lipinski definition) is 2. The van der Waals surface area contributed by atoms with Gasteiger partial charge in [-0.2, -0.15) is 0 Å².